The molecule has 0 spiro atoms. The average molecular weight is 307 g/mol. The molecule has 2 aromatic rings. The third-order valence-corrected chi connectivity index (χ3v) is 4.10. The van der Waals surface area contributed by atoms with Gasteiger partial charge in [0.05, 0.1) is 17.6 Å². The zero-order valence-corrected chi connectivity index (χ0v) is 12.5. The standard InChI is InChI=1S/C15H19ClN4O/c16-11-3-4-12-13(8-11)20-14(19-12)9-18-15(21)10-2-1-6-17-7-5-10/h3-4,8,10,17H,1-2,5-7,9H2,(H,18,21)(H,19,20)/t10-/m0/s1. The van der Waals surface area contributed by atoms with Crippen molar-refractivity contribution in [1.29, 1.82) is 0 Å². The summed E-state index contributed by atoms with van der Waals surface area (Å²) in [5, 5.41) is 6.97. The summed E-state index contributed by atoms with van der Waals surface area (Å²) in [6.45, 7) is 2.35. The van der Waals surface area contributed by atoms with E-state index in [1.165, 1.54) is 0 Å². The molecule has 1 amide bonds. The molecule has 1 aliphatic rings. The number of carbonyl (C=O) groups is 1. The minimum absolute atomic E-state index is 0.110. The van der Waals surface area contributed by atoms with E-state index in [1.54, 1.807) is 0 Å². The molecule has 0 aliphatic carbocycles. The first-order valence-corrected chi connectivity index (χ1v) is 7.73. The van der Waals surface area contributed by atoms with Crippen molar-refractivity contribution in [2.75, 3.05) is 13.1 Å². The molecule has 112 valence electrons. The van der Waals surface area contributed by atoms with Crippen molar-refractivity contribution in [3.8, 4) is 0 Å². The molecule has 1 aliphatic heterocycles. The molecule has 6 heteroatoms. The zero-order chi connectivity index (χ0) is 14.7. The number of nitrogens with zero attached hydrogens (tertiary/aromatic N) is 1. The van der Waals surface area contributed by atoms with Crippen molar-refractivity contribution in [2.45, 2.75) is 25.8 Å². The summed E-state index contributed by atoms with van der Waals surface area (Å²) in [6.07, 6.45) is 2.91. The highest BCUT2D eigenvalue weighted by Crippen LogP contribution is 2.17. The third-order valence-electron chi connectivity index (χ3n) is 3.87. The molecule has 0 bridgehead atoms. The second-order valence-electron chi connectivity index (χ2n) is 5.44. The van der Waals surface area contributed by atoms with Gasteiger partial charge in [0.2, 0.25) is 5.91 Å². The van der Waals surface area contributed by atoms with Gasteiger partial charge in [-0.25, -0.2) is 4.98 Å². The van der Waals surface area contributed by atoms with Crippen LogP contribution in [0, 0.1) is 5.92 Å². The highest BCUT2D eigenvalue weighted by molar-refractivity contribution is 6.31. The van der Waals surface area contributed by atoms with E-state index in [9.17, 15) is 4.79 Å². The second-order valence-corrected chi connectivity index (χ2v) is 5.88. The van der Waals surface area contributed by atoms with Gasteiger partial charge in [0.15, 0.2) is 0 Å². The summed E-state index contributed by atoms with van der Waals surface area (Å²) in [5.74, 6) is 0.989. The van der Waals surface area contributed by atoms with E-state index < -0.39 is 0 Å². The summed E-state index contributed by atoms with van der Waals surface area (Å²) in [6, 6.07) is 5.52. The lowest BCUT2D eigenvalue weighted by molar-refractivity contribution is -0.125. The van der Waals surface area contributed by atoms with Gasteiger partial charge in [0, 0.05) is 10.9 Å². The molecule has 1 aromatic carbocycles. The van der Waals surface area contributed by atoms with Gasteiger partial charge < -0.3 is 15.6 Å². The Morgan fingerprint density at radius 2 is 2.29 bits per heavy atom. The SMILES string of the molecule is O=C(NCc1nc2ccc(Cl)cc2[nH]1)[C@H]1CCCNCC1. The van der Waals surface area contributed by atoms with E-state index >= 15 is 0 Å². The zero-order valence-electron chi connectivity index (χ0n) is 11.8. The molecule has 1 atom stereocenters. The van der Waals surface area contributed by atoms with Crippen LogP contribution in [0.4, 0.5) is 0 Å². The maximum Gasteiger partial charge on any atom is 0.223 e. The van der Waals surface area contributed by atoms with Crippen molar-refractivity contribution in [2.24, 2.45) is 5.92 Å². The Bertz CT molecular complexity index is 632. The van der Waals surface area contributed by atoms with Crippen molar-refractivity contribution < 1.29 is 4.79 Å². The van der Waals surface area contributed by atoms with Gasteiger partial charge in [0.25, 0.3) is 0 Å². The normalized spacial score (nSPS) is 19.4. The number of imidazole rings is 1. The van der Waals surface area contributed by atoms with Crippen LogP contribution in [0.3, 0.4) is 0 Å². The predicted octanol–water partition coefficient (Wildman–Crippen LogP) is 2.22. The smallest absolute Gasteiger partial charge is 0.223 e. The molecule has 1 aromatic heterocycles. The Kier molecular flexibility index (Phi) is 4.41. The van der Waals surface area contributed by atoms with E-state index in [0.717, 1.165) is 49.2 Å². The minimum Gasteiger partial charge on any atom is -0.349 e. The van der Waals surface area contributed by atoms with Crippen molar-refractivity contribution in [1.82, 2.24) is 20.6 Å². The van der Waals surface area contributed by atoms with Crippen molar-refractivity contribution in [3.63, 3.8) is 0 Å². The lowest BCUT2D eigenvalue weighted by Gasteiger charge is -2.12. The fraction of sp³-hybridized carbons (Fsp3) is 0.467. The topological polar surface area (TPSA) is 69.8 Å². The maximum absolute atomic E-state index is 12.2. The number of H-pyrrole nitrogens is 1. The lowest BCUT2D eigenvalue weighted by atomic mass is 10.00. The summed E-state index contributed by atoms with van der Waals surface area (Å²) in [4.78, 5) is 19.8. The monoisotopic (exact) mass is 306 g/mol. The average Bonchev–Trinajstić information content (AvgIpc) is 2.69. The molecule has 21 heavy (non-hydrogen) atoms. The van der Waals surface area contributed by atoms with Crippen LogP contribution >= 0.6 is 11.6 Å². The van der Waals surface area contributed by atoms with Crippen LogP contribution in [0.15, 0.2) is 18.2 Å². The first kappa shape index (κ1) is 14.4. The Labute approximate surface area is 128 Å². The molecule has 2 heterocycles. The van der Waals surface area contributed by atoms with Crippen LogP contribution in [0.5, 0.6) is 0 Å². The minimum atomic E-state index is 0.110. The van der Waals surface area contributed by atoms with E-state index in [4.69, 9.17) is 11.6 Å². The number of carbonyl (C=O) groups excluding carboxylic acids is 1. The summed E-state index contributed by atoms with van der Waals surface area (Å²) < 4.78 is 0. The predicted molar refractivity (Wildman–Crippen MR) is 83.2 cm³/mol. The van der Waals surface area contributed by atoms with Crippen LogP contribution in [0.2, 0.25) is 5.02 Å². The number of nitrogens with one attached hydrogen (secondary N) is 3. The maximum atomic E-state index is 12.2. The van der Waals surface area contributed by atoms with Gasteiger partial charge >= 0.3 is 0 Å². The molecule has 1 saturated heterocycles. The highest BCUT2D eigenvalue weighted by atomic mass is 35.5. The first-order valence-electron chi connectivity index (χ1n) is 7.35. The second kappa shape index (κ2) is 6.45. The van der Waals surface area contributed by atoms with Gasteiger partial charge in [-0.05, 0) is 50.6 Å². The number of hydrogen-bond acceptors (Lipinski definition) is 3. The lowest BCUT2D eigenvalue weighted by Crippen LogP contribution is -2.31. The van der Waals surface area contributed by atoms with Gasteiger partial charge in [-0.1, -0.05) is 11.6 Å². The number of aromatic nitrogens is 2. The van der Waals surface area contributed by atoms with Gasteiger partial charge in [-0.3, -0.25) is 4.79 Å². The molecular formula is C15H19ClN4O. The summed E-state index contributed by atoms with van der Waals surface area (Å²) in [7, 11) is 0. The Hall–Kier alpha value is -1.59. The fourth-order valence-corrected chi connectivity index (χ4v) is 2.89. The van der Waals surface area contributed by atoms with E-state index in [-0.39, 0.29) is 11.8 Å². The molecule has 1 fully saturated rings. The van der Waals surface area contributed by atoms with Crippen molar-refractivity contribution >= 4 is 28.5 Å². The molecule has 3 N–H and O–H groups in total. The van der Waals surface area contributed by atoms with Crippen LogP contribution in [0.25, 0.3) is 11.0 Å². The quantitative estimate of drug-likeness (QED) is 0.814. The van der Waals surface area contributed by atoms with Crippen LogP contribution in [0.1, 0.15) is 25.1 Å². The highest BCUT2D eigenvalue weighted by Gasteiger charge is 2.19. The van der Waals surface area contributed by atoms with E-state index in [1.807, 2.05) is 18.2 Å². The summed E-state index contributed by atoms with van der Waals surface area (Å²) in [5.41, 5.74) is 1.76. The van der Waals surface area contributed by atoms with E-state index in [0.29, 0.717) is 11.6 Å². The third kappa shape index (κ3) is 3.54. The number of hydrogen-bond donors (Lipinski definition) is 3. The number of amides is 1. The fourth-order valence-electron chi connectivity index (χ4n) is 2.71. The summed E-state index contributed by atoms with van der Waals surface area (Å²) >= 11 is 5.95. The van der Waals surface area contributed by atoms with Crippen LogP contribution in [-0.4, -0.2) is 29.0 Å². The molecule has 0 saturated carbocycles. The van der Waals surface area contributed by atoms with Gasteiger partial charge in [-0.15, -0.1) is 0 Å². The molecule has 5 nitrogen and oxygen atoms in total. The molecule has 0 radical (unpaired) electrons. The molecule has 0 unspecified atom stereocenters. The number of benzene rings is 1. The molecule has 3 rings (SSSR count). The van der Waals surface area contributed by atoms with Crippen molar-refractivity contribution in [3.05, 3.63) is 29.0 Å². The first-order chi connectivity index (χ1) is 10.2. The number of rotatable bonds is 3. The Morgan fingerprint density at radius 1 is 1.38 bits per heavy atom. The number of fused-ring (bicyclic) bond motifs is 1. The Morgan fingerprint density at radius 3 is 3.19 bits per heavy atom. The van der Waals surface area contributed by atoms with Gasteiger partial charge in [0.1, 0.15) is 5.82 Å². The number of halogens is 1. The molecular weight excluding hydrogens is 288 g/mol. The van der Waals surface area contributed by atoms with Gasteiger partial charge in [-0.2, -0.15) is 0 Å². The Balaban J connectivity index is 1.61. The number of aromatic amines is 1. The van der Waals surface area contributed by atoms with E-state index in [2.05, 4.69) is 20.6 Å². The van der Waals surface area contributed by atoms with Crippen LogP contribution in [-0.2, 0) is 11.3 Å². The van der Waals surface area contributed by atoms with Crippen LogP contribution < -0.4 is 10.6 Å². The largest absolute Gasteiger partial charge is 0.349 e.